The average Bonchev–Trinajstić information content (AvgIpc) is 2.60. The topological polar surface area (TPSA) is 73.9 Å². The molecule has 26 heavy (non-hydrogen) atoms. The van der Waals surface area contributed by atoms with Crippen molar-refractivity contribution in [2.24, 2.45) is 0 Å². The van der Waals surface area contributed by atoms with Crippen molar-refractivity contribution in [2.45, 2.75) is 65.6 Å². The maximum absolute atomic E-state index is 12.8. The van der Waals surface area contributed by atoms with Crippen molar-refractivity contribution in [3.63, 3.8) is 0 Å². The van der Waals surface area contributed by atoms with E-state index in [2.05, 4.69) is 12.2 Å². The zero-order chi connectivity index (χ0) is 19.7. The third-order valence-electron chi connectivity index (χ3n) is 3.96. The van der Waals surface area contributed by atoms with Crippen molar-refractivity contribution in [3.05, 3.63) is 23.8 Å². The quantitative estimate of drug-likeness (QED) is 0.630. The number of carbonyl (C=O) groups is 2. The van der Waals surface area contributed by atoms with Crippen molar-refractivity contribution >= 4 is 17.6 Å². The lowest BCUT2D eigenvalue weighted by Gasteiger charge is -2.28. The Labute approximate surface area is 156 Å². The van der Waals surface area contributed by atoms with Gasteiger partial charge in [-0.15, -0.1) is 0 Å². The van der Waals surface area contributed by atoms with Gasteiger partial charge < -0.3 is 19.5 Å². The number of benzene rings is 1. The van der Waals surface area contributed by atoms with Gasteiger partial charge in [-0.25, -0.2) is 4.79 Å². The zero-order valence-corrected chi connectivity index (χ0v) is 16.7. The molecule has 0 aliphatic rings. The van der Waals surface area contributed by atoms with Crippen LogP contribution in [0.5, 0.6) is 5.75 Å². The number of methoxy groups -OCH3 is 1. The third kappa shape index (κ3) is 6.02. The van der Waals surface area contributed by atoms with E-state index < -0.39 is 11.6 Å². The Morgan fingerprint density at radius 3 is 2.46 bits per heavy atom. The molecule has 0 heterocycles. The molecule has 1 aromatic rings. The number of anilines is 1. The Bertz CT molecular complexity index is 614. The molecular weight excluding hydrogens is 334 g/mol. The predicted octanol–water partition coefficient (Wildman–Crippen LogP) is 4.18. The van der Waals surface area contributed by atoms with Crippen molar-refractivity contribution in [1.29, 1.82) is 0 Å². The SMILES string of the molecule is CCCC[C@](C)(OCC)C(=O)Nc1ccc(OC(C)C)c(C(=O)OC)c1. The summed E-state index contributed by atoms with van der Waals surface area (Å²) < 4.78 is 16.2. The minimum absolute atomic E-state index is 0.0888. The molecule has 0 spiro atoms. The number of hydrogen-bond donors (Lipinski definition) is 1. The Morgan fingerprint density at radius 1 is 1.23 bits per heavy atom. The van der Waals surface area contributed by atoms with Gasteiger partial charge in [0, 0.05) is 12.3 Å². The molecule has 0 unspecified atom stereocenters. The van der Waals surface area contributed by atoms with Crippen LogP contribution < -0.4 is 10.1 Å². The van der Waals surface area contributed by atoms with E-state index in [0.717, 1.165) is 12.8 Å². The lowest BCUT2D eigenvalue weighted by molar-refractivity contribution is -0.139. The van der Waals surface area contributed by atoms with Crippen molar-refractivity contribution < 1.29 is 23.8 Å². The number of amides is 1. The Balaban J connectivity index is 3.07. The molecule has 6 nitrogen and oxygen atoms in total. The minimum atomic E-state index is -0.913. The average molecular weight is 365 g/mol. The van der Waals surface area contributed by atoms with E-state index in [9.17, 15) is 9.59 Å². The third-order valence-corrected chi connectivity index (χ3v) is 3.96. The molecule has 0 radical (unpaired) electrons. The lowest BCUT2D eigenvalue weighted by atomic mass is 9.97. The first kappa shape index (κ1) is 22.0. The molecule has 0 fully saturated rings. The first-order chi connectivity index (χ1) is 12.3. The van der Waals surface area contributed by atoms with E-state index >= 15 is 0 Å². The monoisotopic (exact) mass is 365 g/mol. The fourth-order valence-corrected chi connectivity index (χ4v) is 2.58. The second-order valence-electron chi connectivity index (χ2n) is 6.59. The number of rotatable bonds is 10. The highest BCUT2D eigenvalue weighted by atomic mass is 16.5. The molecule has 0 bridgehead atoms. The van der Waals surface area contributed by atoms with E-state index in [1.165, 1.54) is 7.11 Å². The molecule has 1 N–H and O–H groups in total. The fourth-order valence-electron chi connectivity index (χ4n) is 2.58. The number of hydrogen-bond acceptors (Lipinski definition) is 5. The summed E-state index contributed by atoms with van der Waals surface area (Å²) >= 11 is 0. The fraction of sp³-hybridized carbons (Fsp3) is 0.600. The lowest BCUT2D eigenvalue weighted by Crippen LogP contribution is -2.42. The summed E-state index contributed by atoms with van der Waals surface area (Å²) in [4.78, 5) is 24.8. The number of esters is 1. The summed E-state index contributed by atoms with van der Waals surface area (Å²) in [5.41, 5.74) is -0.150. The predicted molar refractivity (Wildman–Crippen MR) is 102 cm³/mol. The number of unbranched alkanes of at least 4 members (excludes halogenated alkanes) is 1. The summed E-state index contributed by atoms with van der Waals surface area (Å²) in [6.45, 7) is 9.92. The summed E-state index contributed by atoms with van der Waals surface area (Å²) in [6.07, 6.45) is 2.40. The van der Waals surface area contributed by atoms with Gasteiger partial charge in [0.05, 0.1) is 13.2 Å². The van der Waals surface area contributed by atoms with Gasteiger partial charge in [0.1, 0.15) is 16.9 Å². The van der Waals surface area contributed by atoms with Crippen LogP contribution in [0, 0.1) is 0 Å². The molecule has 1 aromatic carbocycles. The zero-order valence-electron chi connectivity index (χ0n) is 16.7. The Kier molecular flexibility index (Phi) is 8.58. The molecule has 0 aliphatic heterocycles. The molecule has 1 amide bonds. The van der Waals surface area contributed by atoms with E-state index in [-0.39, 0.29) is 17.6 Å². The van der Waals surface area contributed by atoms with E-state index in [1.54, 1.807) is 25.1 Å². The summed E-state index contributed by atoms with van der Waals surface area (Å²) in [5, 5.41) is 2.85. The van der Waals surface area contributed by atoms with E-state index in [4.69, 9.17) is 14.2 Å². The molecular formula is C20H31NO5. The molecule has 0 aromatic heterocycles. The van der Waals surface area contributed by atoms with Crippen molar-refractivity contribution in [1.82, 2.24) is 0 Å². The second-order valence-corrected chi connectivity index (χ2v) is 6.59. The molecule has 1 atom stereocenters. The van der Waals surface area contributed by atoms with Crippen LogP contribution >= 0.6 is 0 Å². The van der Waals surface area contributed by atoms with Gasteiger partial charge in [-0.3, -0.25) is 4.79 Å². The van der Waals surface area contributed by atoms with Crippen molar-refractivity contribution in [2.75, 3.05) is 19.0 Å². The second kappa shape index (κ2) is 10.2. The van der Waals surface area contributed by atoms with Crippen LogP contribution in [0.15, 0.2) is 18.2 Å². The standard InChI is InChI=1S/C20H31NO5/c1-7-9-12-20(5,25-8-2)19(23)21-15-10-11-17(26-14(3)4)16(13-15)18(22)24-6/h10-11,13-14H,7-9,12H2,1-6H3,(H,21,23)/t20-/m0/s1. The van der Waals surface area contributed by atoms with Gasteiger partial charge >= 0.3 is 5.97 Å². The molecule has 0 saturated carbocycles. The Morgan fingerprint density at radius 2 is 1.92 bits per heavy atom. The smallest absolute Gasteiger partial charge is 0.341 e. The van der Waals surface area contributed by atoms with Crippen molar-refractivity contribution in [3.8, 4) is 5.75 Å². The van der Waals surface area contributed by atoms with Gasteiger partial charge in [0.2, 0.25) is 0 Å². The van der Waals surface area contributed by atoms with Crippen LogP contribution in [0.25, 0.3) is 0 Å². The maximum Gasteiger partial charge on any atom is 0.341 e. The van der Waals surface area contributed by atoms with E-state index in [1.807, 2.05) is 20.8 Å². The Hall–Kier alpha value is -2.08. The molecule has 6 heteroatoms. The number of ether oxygens (including phenoxy) is 3. The summed E-state index contributed by atoms with van der Waals surface area (Å²) in [6, 6.07) is 4.92. The molecule has 1 rings (SSSR count). The van der Waals surface area contributed by atoms with Crippen LogP contribution in [0.4, 0.5) is 5.69 Å². The van der Waals surface area contributed by atoms with Gasteiger partial charge in [0.25, 0.3) is 5.91 Å². The van der Waals surface area contributed by atoms with Gasteiger partial charge in [-0.2, -0.15) is 0 Å². The molecule has 0 saturated heterocycles. The summed E-state index contributed by atoms with van der Waals surface area (Å²) in [5.74, 6) is -0.333. The molecule has 146 valence electrons. The number of nitrogens with one attached hydrogen (secondary N) is 1. The summed E-state index contributed by atoms with van der Waals surface area (Å²) in [7, 11) is 1.31. The van der Waals surface area contributed by atoms with Crippen LogP contribution in [0.2, 0.25) is 0 Å². The van der Waals surface area contributed by atoms with Crippen LogP contribution in [-0.4, -0.2) is 37.3 Å². The van der Waals surface area contributed by atoms with Gasteiger partial charge in [-0.05, 0) is 52.3 Å². The minimum Gasteiger partial charge on any atom is -0.490 e. The normalized spacial score (nSPS) is 13.2. The highest BCUT2D eigenvalue weighted by molar-refractivity contribution is 5.99. The van der Waals surface area contributed by atoms with Gasteiger partial charge in [-0.1, -0.05) is 19.8 Å². The maximum atomic E-state index is 12.8. The largest absolute Gasteiger partial charge is 0.490 e. The van der Waals surface area contributed by atoms with E-state index in [0.29, 0.717) is 24.5 Å². The molecule has 0 aliphatic carbocycles. The van der Waals surface area contributed by atoms with Crippen LogP contribution in [-0.2, 0) is 14.3 Å². The van der Waals surface area contributed by atoms with Crippen LogP contribution in [0.3, 0.4) is 0 Å². The first-order valence-electron chi connectivity index (χ1n) is 9.11. The van der Waals surface area contributed by atoms with Crippen LogP contribution in [0.1, 0.15) is 64.2 Å². The highest BCUT2D eigenvalue weighted by Crippen LogP contribution is 2.27. The first-order valence-corrected chi connectivity index (χ1v) is 9.11. The van der Waals surface area contributed by atoms with Gasteiger partial charge in [0.15, 0.2) is 0 Å². The number of carbonyl (C=O) groups excluding carboxylic acids is 2. The highest BCUT2D eigenvalue weighted by Gasteiger charge is 2.33.